The zero-order chi connectivity index (χ0) is 21.6. The Kier molecular flexibility index (Phi) is 6.39. The molecule has 31 heavy (non-hydrogen) atoms. The first kappa shape index (κ1) is 20.8. The quantitative estimate of drug-likeness (QED) is 0.321. The zero-order valence-electron chi connectivity index (χ0n) is 16.9. The van der Waals surface area contributed by atoms with E-state index in [1.165, 1.54) is 12.1 Å². The van der Waals surface area contributed by atoms with Gasteiger partial charge in [0.1, 0.15) is 5.75 Å². The number of aromatic nitrogens is 2. The van der Waals surface area contributed by atoms with E-state index >= 15 is 0 Å². The number of morpholine rings is 1. The van der Waals surface area contributed by atoms with Crippen LogP contribution in [0.15, 0.2) is 47.5 Å². The number of nitro benzene ring substituents is 1. The standard InChI is InChI=1S/C21H23N5O5/c27-21-19-17(6-7-18(26(28)29)20(19)22-14-23-21)24-15-2-4-16(5-3-15)31-11-1-8-25-9-12-30-13-10-25/h2-7,14,24H,1,8-13H2,(H,22,23,27). The van der Waals surface area contributed by atoms with Gasteiger partial charge in [-0.1, -0.05) is 0 Å². The minimum absolute atomic E-state index is 0.0407. The van der Waals surface area contributed by atoms with Crippen molar-refractivity contribution in [3.8, 4) is 5.75 Å². The number of H-pyrrole nitrogens is 1. The number of nitro groups is 1. The molecule has 1 aromatic heterocycles. The van der Waals surface area contributed by atoms with Crippen molar-refractivity contribution in [1.29, 1.82) is 0 Å². The number of ether oxygens (including phenoxy) is 2. The Morgan fingerprint density at radius 2 is 1.97 bits per heavy atom. The predicted octanol–water partition coefficient (Wildman–Crippen LogP) is 2.68. The molecule has 10 nitrogen and oxygen atoms in total. The Morgan fingerprint density at radius 1 is 1.19 bits per heavy atom. The van der Waals surface area contributed by atoms with Crippen LogP contribution in [0.25, 0.3) is 10.9 Å². The maximum Gasteiger partial charge on any atom is 0.295 e. The number of fused-ring (bicyclic) bond motifs is 1. The molecule has 1 fully saturated rings. The Bertz CT molecular complexity index is 1110. The van der Waals surface area contributed by atoms with Crippen LogP contribution in [0.1, 0.15) is 6.42 Å². The number of nitrogens with one attached hydrogen (secondary N) is 2. The third-order valence-electron chi connectivity index (χ3n) is 5.09. The van der Waals surface area contributed by atoms with Gasteiger partial charge >= 0.3 is 0 Å². The number of aromatic amines is 1. The van der Waals surface area contributed by atoms with Crippen molar-refractivity contribution in [2.45, 2.75) is 6.42 Å². The number of nitrogens with zero attached hydrogens (tertiary/aromatic N) is 3. The van der Waals surface area contributed by atoms with Crippen molar-refractivity contribution >= 4 is 28.0 Å². The van der Waals surface area contributed by atoms with Gasteiger partial charge in [0.15, 0.2) is 5.52 Å². The molecule has 0 spiro atoms. The monoisotopic (exact) mass is 425 g/mol. The summed E-state index contributed by atoms with van der Waals surface area (Å²) in [4.78, 5) is 31.8. The molecular formula is C21H23N5O5. The first-order valence-electron chi connectivity index (χ1n) is 10.1. The van der Waals surface area contributed by atoms with Crippen molar-refractivity contribution in [3.63, 3.8) is 0 Å². The molecule has 0 unspecified atom stereocenters. The second kappa shape index (κ2) is 9.54. The van der Waals surface area contributed by atoms with E-state index in [1.807, 2.05) is 24.3 Å². The minimum Gasteiger partial charge on any atom is -0.494 e. The lowest BCUT2D eigenvalue weighted by Crippen LogP contribution is -2.37. The summed E-state index contributed by atoms with van der Waals surface area (Å²) in [6, 6.07) is 10.2. The minimum atomic E-state index is -0.552. The lowest BCUT2D eigenvalue weighted by Gasteiger charge is -2.26. The van der Waals surface area contributed by atoms with Crippen LogP contribution >= 0.6 is 0 Å². The molecular weight excluding hydrogens is 402 g/mol. The van der Waals surface area contributed by atoms with Crippen LogP contribution < -0.4 is 15.6 Å². The van der Waals surface area contributed by atoms with E-state index in [2.05, 4.69) is 20.2 Å². The van der Waals surface area contributed by atoms with Crippen molar-refractivity contribution in [2.24, 2.45) is 0 Å². The summed E-state index contributed by atoms with van der Waals surface area (Å²) in [7, 11) is 0. The molecule has 1 aliphatic rings. The normalized spacial score (nSPS) is 14.5. The summed E-state index contributed by atoms with van der Waals surface area (Å²) in [5.41, 5.74) is 0.538. The highest BCUT2D eigenvalue weighted by molar-refractivity contribution is 5.97. The summed E-state index contributed by atoms with van der Waals surface area (Å²) < 4.78 is 11.2. The van der Waals surface area contributed by atoms with Crippen molar-refractivity contribution in [2.75, 3.05) is 44.8 Å². The van der Waals surface area contributed by atoms with E-state index in [1.54, 1.807) is 0 Å². The van der Waals surface area contributed by atoms with Gasteiger partial charge in [0, 0.05) is 31.4 Å². The van der Waals surface area contributed by atoms with Gasteiger partial charge in [-0.05, 0) is 36.8 Å². The molecule has 0 aliphatic carbocycles. The second-order valence-electron chi connectivity index (χ2n) is 7.15. The summed E-state index contributed by atoms with van der Waals surface area (Å²) >= 11 is 0. The van der Waals surface area contributed by atoms with Crippen molar-refractivity contribution in [3.05, 3.63) is 63.2 Å². The molecule has 2 aromatic carbocycles. The van der Waals surface area contributed by atoms with E-state index in [0.29, 0.717) is 12.3 Å². The fraction of sp³-hybridized carbons (Fsp3) is 0.333. The van der Waals surface area contributed by atoms with Crippen LogP contribution in [0.4, 0.5) is 17.1 Å². The molecule has 10 heteroatoms. The van der Waals surface area contributed by atoms with E-state index in [9.17, 15) is 14.9 Å². The highest BCUT2D eigenvalue weighted by Crippen LogP contribution is 2.29. The van der Waals surface area contributed by atoms with Gasteiger partial charge in [0.2, 0.25) is 0 Å². The largest absolute Gasteiger partial charge is 0.494 e. The lowest BCUT2D eigenvalue weighted by atomic mass is 10.1. The van der Waals surface area contributed by atoms with Gasteiger partial charge in [-0.15, -0.1) is 0 Å². The van der Waals surface area contributed by atoms with Gasteiger partial charge in [0.25, 0.3) is 11.2 Å². The molecule has 2 N–H and O–H groups in total. The fourth-order valence-corrected chi connectivity index (χ4v) is 3.51. The van der Waals surface area contributed by atoms with Crippen molar-refractivity contribution in [1.82, 2.24) is 14.9 Å². The average molecular weight is 425 g/mol. The highest BCUT2D eigenvalue weighted by atomic mass is 16.6. The van der Waals surface area contributed by atoms with Crippen LogP contribution in [0.3, 0.4) is 0 Å². The maximum absolute atomic E-state index is 12.3. The molecule has 162 valence electrons. The summed E-state index contributed by atoms with van der Waals surface area (Å²) in [6.07, 6.45) is 2.09. The molecule has 0 saturated carbocycles. The van der Waals surface area contributed by atoms with Gasteiger partial charge in [-0.2, -0.15) is 0 Å². The Balaban J connectivity index is 1.40. The number of anilines is 2. The van der Waals surface area contributed by atoms with Crippen LogP contribution in [0, 0.1) is 10.1 Å². The van der Waals surface area contributed by atoms with Crippen molar-refractivity contribution < 1.29 is 14.4 Å². The second-order valence-corrected chi connectivity index (χ2v) is 7.15. The van der Waals surface area contributed by atoms with Crippen LogP contribution in [0.2, 0.25) is 0 Å². The molecule has 4 rings (SSSR count). The zero-order valence-corrected chi connectivity index (χ0v) is 16.9. The van der Waals surface area contributed by atoms with Gasteiger partial charge < -0.3 is 19.8 Å². The van der Waals surface area contributed by atoms with Crippen LogP contribution in [-0.2, 0) is 4.74 Å². The van der Waals surface area contributed by atoms with E-state index in [0.717, 1.165) is 57.0 Å². The van der Waals surface area contributed by atoms with Gasteiger partial charge in [-0.3, -0.25) is 19.8 Å². The number of rotatable bonds is 8. The molecule has 0 bridgehead atoms. The molecule has 0 radical (unpaired) electrons. The summed E-state index contributed by atoms with van der Waals surface area (Å²) in [5, 5.41) is 14.5. The third kappa shape index (κ3) is 4.98. The molecule has 1 aliphatic heterocycles. The Morgan fingerprint density at radius 3 is 2.71 bits per heavy atom. The number of hydrogen-bond donors (Lipinski definition) is 2. The lowest BCUT2D eigenvalue weighted by molar-refractivity contribution is -0.383. The topological polar surface area (TPSA) is 123 Å². The van der Waals surface area contributed by atoms with Crippen LogP contribution in [0.5, 0.6) is 5.75 Å². The molecule has 2 heterocycles. The summed E-state index contributed by atoms with van der Waals surface area (Å²) in [6.45, 7) is 5.13. The highest BCUT2D eigenvalue weighted by Gasteiger charge is 2.18. The smallest absolute Gasteiger partial charge is 0.295 e. The van der Waals surface area contributed by atoms with E-state index in [4.69, 9.17) is 9.47 Å². The molecule has 1 saturated heterocycles. The average Bonchev–Trinajstić information content (AvgIpc) is 2.78. The predicted molar refractivity (Wildman–Crippen MR) is 116 cm³/mol. The van der Waals surface area contributed by atoms with Gasteiger partial charge in [0.05, 0.1) is 42.1 Å². The fourth-order valence-electron chi connectivity index (χ4n) is 3.51. The maximum atomic E-state index is 12.3. The molecule has 0 atom stereocenters. The number of hydrogen-bond acceptors (Lipinski definition) is 8. The summed E-state index contributed by atoms with van der Waals surface area (Å²) in [5.74, 6) is 0.751. The van der Waals surface area contributed by atoms with E-state index in [-0.39, 0.29) is 16.6 Å². The number of non-ortho nitro benzene ring substituents is 1. The third-order valence-corrected chi connectivity index (χ3v) is 5.09. The van der Waals surface area contributed by atoms with Gasteiger partial charge in [-0.25, -0.2) is 4.98 Å². The SMILES string of the molecule is O=c1[nH]cnc2c([N+](=O)[O-])ccc(Nc3ccc(OCCCN4CCOCC4)cc3)c12. The van der Waals surface area contributed by atoms with E-state index < -0.39 is 10.5 Å². The Labute approximate surface area is 178 Å². The molecule has 0 amide bonds. The first-order chi connectivity index (χ1) is 15.1. The Hall–Kier alpha value is -3.50. The number of benzene rings is 2. The first-order valence-corrected chi connectivity index (χ1v) is 10.1. The molecule has 3 aromatic rings. The van der Waals surface area contributed by atoms with Crippen LogP contribution in [-0.4, -0.2) is 59.2 Å².